The van der Waals surface area contributed by atoms with Crippen LogP contribution in [0.4, 0.5) is 8.78 Å². The minimum atomic E-state index is -0.513. The molecule has 20 heavy (non-hydrogen) atoms. The molecule has 1 atom stereocenters. The molecule has 2 rings (SSSR count). The van der Waals surface area contributed by atoms with E-state index in [9.17, 15) is 8.78 Å². The Hall–Kier alpha value is -1.00. The van der Waals surface area contributed by atoms with Gasteiger partial charge in [-0.25, -0.2) is 8.78 Å². The molecule has 2 nitrogen and oxygen atoms in total. The Morgan fingerprint density at radius 2 is 1.65 bits per heavy atom. The summed E-state index contributed by atoms with van der Waals surface area (Å²) in [5.74, 6) is -1.03. The van der Waals surface area contributed by atoms with Crippen molar-refractivity contribution in [2.45, 2.75) is 38.6 Å². The van der Waals surface area contributed by atoms with Crippen molar-refractivity contribution >= 4 is 0 Å². The largest absolute Gasteiger partial charge is 0.309 e. The second kappa shape index (κ2) is 7.70. The first-order valence-corrected chi connectivity index (χ1v) is 7.57. The van der Waals surface area contributed by atoms with Crippen LogP contribution in [0.5, 0.6) is 0 Å². The first kappa shape index (κ1) is 15.4. The molecule has 0 aromatic heterocycles. The molecule has 112 valence electrons. The van der Waals surface area contributed by atoms with Gasteiger partial charge < -0.3 is 10.2 Å². The lowest BCUT2D eigenvalue weighted by atomic mass is 10.1. The van der Waals surface area contributed by atoms with Gasteiger partial charge >= 0.3 is 0 Å². The van der Waals surface area contributed by atoms with Crippen molar-refractivity contribution in [1.29, 1.82) is 0 Å². The van der Waals surface area contributed by atoms with Gasteiger partial charge in [0.2, 0.25) is 0 Å². The lowest BCUT2D eigenvalue weighted by Crippen LogP contribution is -2.33. The van der Waals surface area contributed by atoms with Gasteiger partial charge in [0.1, 0.15) is 11.6 Å². The molecule has 0 saturated carbocycles. The number of halogens is 2. The predicted octanol–water partition coefficient (Wildman–Crippen LogP) is 3.49. The summed E-state index contributed by atoms with van der Waals surface area (Å²) in [5.41, 5.74) is 0.665. The molecule has 1 N–H and O–H groups in total. The number of hydrogen-bond donors (Lipinski definition) is 1. The van der Waals surface area contributed by atoms with Crippen molar-refractivity contribution in [2.75, 3.05) is 26.2 Å². The van der Waals surface area contributed by atoms with Gasteiger partial charge in [-0.2, -0.15) is 0 Å². The summed E-state index contributed by atoms with van der Waals surface area (Å²) >= 11 is 0. The van der Waals surface area contributed by atoms with Crippen molar-refractivity contribution in [1.82, 2.24) is 10.2 Å². The van der Waals surface area contributed by atoms with E-state index >= 15 is 0 Å². The summed E-state index contributed by atoms with van der Waals surface area (Å²) in [5, 5.41) is 3.35. The van der Waals surface area contributed by atoms with Gasteiger partial charge in [-0.1, -0.05) is 12.8 Å². The van der Waals surface area contributed by atoms with Gasteiger partial charge in [0, 0.05) is 25.2 Å². The van der Waals surface area contributed by atoms with E-state index in [0.29, 0.717) is 5.56 Å². The Balaban J connectivity index is 1.78. The Labute approximate surface area is 120 Å². The molecule has 4 heteroatoms. The van der Waals surface area contributed by atoms with Crippen molar-refractivity contribution in [3.63, 3.8) is 0 Å². The van der Waals surface area contributed by atoms with Crippen LogP contribution in [-0.2, 0) is 0 Å². The van der Waals surface area contributed by atoms with E-state index in [0.717, 1.165) is 19.2 Å². The minimum Gasteiger partial charge on any atom is -0.309 e. The van der Waals surface area contributed by atoms with Crippen LogP contribution in [0.1, 0.15) is 44.2 Å². The highest BCUT2D eigenvalue weighted by Gasteiger charge is 2.11. The molecule has 1 aliphatic rings. The van der Waals surface area contributed by atoms with Gasteiger partial charge in [-0.05, 0) is 50.6 Å². The van der Waals surface area contributed by atoms with Crippen molar-refractivity contribution in [3.8, 4) is 0 Å². The standard InChI is InChI=1S/C16H24F2N2/c1-13(14-10-15(17)12-16(18)11-14)19-6-9-20-7-4-2-3-5-8-20/h10-13,19H,2-9H2,1H3. The predicted molar refractivity (Wildman–Crippen MR) is 77.7 cm³/mol. The van der Waals surface area contributed by atoms with Gasteiger partial charge in [0.25, 0.3) is 0 Å². The number of hydrogen-bond acceptors (Lipinski definition) is 2. The number of benzene rings is 1. The Morgan fingerprint density at radius 1 is 1.05 bits per heavy atom. The molecule has 1 aromatic carbocycles. The summed E-state index contributed by atoms with van der Waals surface area (Å²) < 4.78 is 26.3. The molecule has 0 radical (unpaired) electrons. The van der Waals surface area contributed by atoms with E-state index < -0.39 is 11.6 Å². The SMILES string of the molecule is CC(NCCN1CCCCCC1)c1cc(F)cc(F)c1. The summed E-state index contributed by atoms with van der Waals surface area (Å²) in [6.07, 6.45) is 5.24. The maximum atomic E-state index is 13.2. The third-order valence-electron chi connectivity index (χ3n) is 3.96. The number of nitrogens with one attached hydrogen (secondary N) is 1. The van der Waals surface area contributed by atoms with Crippen LogP contribution < -0.4 is 5.32 Å². The van der Waals surface area contributed by atoms with Gasteiger partial charge in [0.05, 0.1) is 0 Å². The highest BCUT2D eigenvalue weighted by molar-refractivity contribution is 5.20. The third-order valence-corrected chi connectivity index (χ3v) is 3.96. The van der Waals surface area contributed by atoms with E-state index in [1.54, 1.807) is 0 Å². The monoisotopic (exact) mass is 282 g/mol. The molecule has 1 heterocycles. The molecule has 1 fully saturated rings. The fourth-order valence-corrected chi connectivity index (χ4v) is 2.74. The van der Waals surface area contributed by atoms with E-state index in [1.807, 2.05) is 6.92 Å². The average Bonchev–Trinajstić information content (AvgIpc) is 2.66. The number of likely N-dealkylation sites (tertiary alicyclic amines) is 1. The summed E-state index contributed by atoms with van der Waals surface area (Å²) in [6.45, 7) is 6.13. The first-order chi connectivity index (χ1) is 9.65. The van der Waals surface area contributed by atoms with Gasteiger partial charge in [-0.3, -0.25) is 0 Å². The van der Waals surface area contributed by atoms with E-state index in [4.69, 9.17) is 0 Å². The molecule has 1 saturated heterocycles. The van der Waals surface area contributed by atoms with Crippen LogP contribution >= 0.6 is 0 Å². The second-order valence-corrected chi connectivity index (χ2v) is 5.63. The molecular weight excluding hydrogens is 258 g/mol. The highest BCUT2D eigenvalue weighted by Crippen LogP contribution is 2.16. The number of nitrogens with zero attached hydrogens (tertiary/aromatic N) is 1. The molecular formula is C16H24F2N2. The molecule has 0 bridgehead atoms. The van der Waals surface area contributed by atoms with Crippen LogP contribution in [0.3, 0.4) is 0 Å². The Bertz CT molecular complexity index is 395. The Morgan fingerprint density at radius 3 is 2.25 bits per heavy atom. The van der Waals surface area contributed by atoms with Crippen molar-refractivity contribution in [3.05, 3.63) is 35.4 Å². The Kier molecular flexibility index (Phi) is 5.92. The maximum absolute atomic E-state index is 13.2. The smallest absolute Gasteiger partial charge is 0.126 e. The van der Waals surface area contributed by atoms with Crippen LogP contribution in [0.2, 0.25) is 0 Å². The van der Waals surface area contributed by atoms with Crippen LogP contribution in [0.25, 0.3) is 0 Å². The van der Waals surface area contributed by atoms with Crippen LogP contribution in [-0.4, -0.2) is 31.1 Å². The second-order valence-electron chi connectivity index (χ2n) is 5.63. The third kappa shape index (κ3) is 4.84. The zero-order valence-electron chi connectivity index (χ0n) is 12.2. The van der Waals surface area contributed by atoms with E-state index in [1.165, 1.54) is 50.9 Å². The molecule has 1 unspecified atom stereocenters. The first-order valence-electron chi connectivity index (χ1n) is 7.57. The quantitative estimate of drug-likeness (QED) is 0.889. The molecule has 0 aliphatic carbocycles. The minimum absolute atomic E-state index is 0.0350. The molecule has 0 spiro atoms. The van der Waals surface area contributed by atoms with E-state index in [-0.39, 0.29) is 6.04 Å². The average molecular weight is 282 g/mol. The fourth-order valence-electron chi connectivity index (χ4n) is 2.74. The van der Waals surface area contributed by atoms with E-state index in [2.05, 4.69) is 10.2 Å². The lowest BCUT2D eigenvalue weighted by molar-refractivity contribution is 0.280. The molecule has 1 aromatic rings. The summed E-state index contributed by atoms with van der Waals surface area (Å²) in [7, 11) is 0. The zero-order chi connectivity index (χ0) is 14.4. The van der Waals surface area contributed by atoms with Gasteiger partial charge in [0.15, 0.2) is 0 Å². The van der Waals surface area contributed by atoms with Crippen LogP contribution in [0, 0.1) is 11.6 Å². The normalized spacial score (nSPS) is 18.8. The summed E-state index contributed by atoms with van der Waals surface area (Å²) in [6, 6.07) is 3.67. The van der Waals surface area contributed by atoms with Gasteiger partial charge in [-0.15, -0.1) is 0 Å². The van der Waals surface area contributed by atoms with Crippen molar-refractivity contribution < 1.29 is 8.78 Å². The summed E-state index contributed by atoms with van der Waals surface area (Å²) in [4.78, 5) is 2.47. The fraction of sp³-hybridized carbons (Fsp3) is 0.625. The molecule has 0 amide bonds. The highest BCUT2D eigenvalue weighted by atomic mass is 19.1. The zero-order valence-corrected chi connectivity index (χ0v) is 12.2. The van der Waals surface area contributed by atoms with Crippen LogP contribution in [0.15, 0.2) is 18.2 Å². The number of rotatable bonds is 5. The maximum Gasteiger partial charge on any atom is 0.126 e. The molecule has 1 aliphatic heterocycles. The lowest BCUT2D eigenvalue weighted by Gasteiger charge is -2.21. The topological polar surface area (TPSA) is 15.3 Å². The van der Waals surface area contributed by atoms with Crippen molar-refractivity contribution in [2.24, 2.45) is 0 Å².